The first-order valence-corrected chi connectivity index (χ1v) is 6.50. The van der Waals surface area contributed by atoms with E-state index in [1.165, 1.54) is 17.8 Å². The first-order chi connectivity index (χ1) is 8.66. The molecular weight excluding hydrogens is 272 g/mol. The number of hydrogen-bond acceptors (Lipinski definition) is 4. The van der Waals surface area contributed by atoms with Crippen LogP contribution < -0.4 is 0 Å². The summed E-state index contributed by atoms with van der Waals surface area (Å²) >= 11 is 7.20. The first kappa shape index (κ1) is 12.9. The van der Waals surface area contributed by atoms with E-state index in [2.05, 4.69) is 4.98 Å². The van der Waals surface area contributed by atoms with E-state index in [1.54, 1.807) is 18.3 Å². The molecule has 1 heterocycles. The third kappa shape index (κ3) is 3.21. The van der Waals surface area contributed by atoms with Crippen LogP contribution in [0.4, 0.5) is 5.69 Å². The highest BCUT2D eigenvalue weighted by atomic mass is 35.5. The molecule has 0 unspecified atom stereocenters. The second-order valence-electron chi connectivity index (χ2n) is 3.50. The van der Waals surface area contributed by atoms with Crippen LogP contribution >= 0.6 is 23.4 Å². The maximum atomic E-state index is 10.8. The number of nitro groups is 1. The molecule has 2 rings (SSSR count). The van der Waals surface area contributed by atoms with Crippen molar-refractivity contribution in [2.75, 3.05) is 0 Å². The van der Waals surface area contributed by atoms with Crippen molar-refractivity contribution in [2.24, 2.45) is 0 Å². The van der Waals surface area contributed by atoms with Gasteiger partial charge in [-0.1, -0.05) is 35.5 Å². The predicted octanol–water partition coefficient (Wildman–Crippen LogP) is 3.94. The number of pyridine rings is 1. The molecule has 0 fully saturated rings. The van der Waals surface area contributed by atoms with E-state index in [-0.39, 0.29) is 5.69 Å². The zero-order valence-corrected chi connectivity index (χ0v) is 10.8. The molecule has 0 amide bonds. The van der Waals surface area contributed by atoms with Gasteiger partial charge < -0.3 is 0 Å². The van der Waals surface area contributed by atoms with Crippen molar-refractivity contribution in [3.05, 3.63) is 63.3 Å². The van der Waals surface area contributed by atoms with Gasteiger partial charge in [0.25, 0.3) is 0 Å². The topological polar surface area (TPSA) is 56.0 Å². The molecule has 1 aromatic heterocycles. The van der Waals surface area contributed by atoms with E-state index >= 15 is 0 Å². The number of halogens is 1. The Hall–Kier alpha value is -1.59. The van der Waals surface area contributed by atoms with Crippen molar-refractivity contribution in [2.45, 2.75) is 10.8 Å². The number of nitrogens with zero attached hydrogens (tertiary/aromatic N) is 2. The summed E-state index contributed by atoms with van der Waals surface area (Å²) in [6, 6.07) is 10.4. The minimum Gasteiger partial charge on any atom is -0.258 e. The Kier molecular flexibility index (Phi) is 4.17. The van der Waals surface area contributed by atoms with E-state index in [0.29, 0.717) is 15.8 Å². The molecule has 18 heavy (non-hydrogen) atoms. The molecule has 0 aliphatic rings. The lowest BCUT2D eigenvalue weighted by Gasteiger charge is -2.02. The molecule has 0 radical (unpaired) electrons. The molecule has 0 saturated heterocycles. The maximum Gasteiger partial charge on any atom is 0.301 e. The summed E-state index contributed by atoms with van der Waals surface area (Å²) in [4.78, 5) is 14.4. The first-order valence-electron chi connectivity index (χ1n) is 5.13. The molecular formula is C12H9ClN2O2S. The van der Waals surface area contributed by atoms with Gasteiger partial charge in [-0.3, -0.25) is 10.1 Å². The smallest absolute Gasteiger partial charge is 0.258 e. The minimum absolute atomic E-state index is 0.0320. The Morgan fingerprint density at radius 1 is 1.33 bits per heavy atom. The second kappa shape index (κ2) is 5.84. The highest BCUT2D eigenvalue weighted by molar-refractivity contribution is 7.98. The van der Waals surface area contributed by atoms with E-state index < -0.39 is 4.92 Å². The van der Waals surface area contributed by atoms with Crippen LogP contribution in [-0.4, -0.2) is 9.91 Å². The standard InChI is InChI=1S/C12H9ClN2O2S/c13-10-4-1-3-9(7-10)8-18-12-11(15(16)17)5-2-6-14-12/h1-7H,8H2. The summed E-state index contributed by atoms with van der Waals surface area (Å²) in [5.41, 5.74) is 1.04. The SMILES string of the molecule is O=[N+]([O-])c1cccnc1SCc1cccc(Cl)c1. The van der Waals surface area contributed by atoms with Crippen LogP contribution in [0.3, 0.4) is 0 Å². The van der Waals surface area contributed by atoms with Gasteiger partial charge in [0.05, 0.1) is 4.92 Å². The van der Waals surface area contributed by atoms with Gasteiger partial charge in [-0.2, -0.15) is 0 Å². The van der Waals surface area contributed by atoms with Gasteiger partial charge in [0.1, 0.15) is 0 Å². The fourth-order valence-electron chi connectivity index (χ4n) is 1.41. The van der Waals surface area contributed by atoms with Gasteiger partial charge >= 0.3 is 5.69 Å². The monoisotopic (exact) mass is 280 g/mol. The predicted molar refractivity (Wildman–Crippen MR) is 71.9 cm³/mol. The van der Waals surface area contributed by atoms with Crippen LogP contribution in [0.25, 0.3) is 0 Å². The van der Waals surface area contributed by atoms with Crippen molar-refractivity contribution < 1.29 is 4.92 Å². The molecule has 0 aliphatic carbocycles. The normalized spacial score (nSPS) is 10.3. The van der Waals surface area contributed by atoms with Crippen LogP contribution in [0.5, 0.6) is 0 Å². The molecule has 0 spiro atoms. The summed E-state index contributed by atoms with van der Waals surface area (Å²) in [5.74, 6) is 0.596. The number of benzene rings is 1. The molecule has 0 atom stereocenters. The Morgan fingerprint density at radius 3 is 2.89 bits per heavy atom. The molecule has 92 valence electrons. The quantitative estimate of drug-likeness (QED) is 0.484. The van der Waals surface area contributed by atoms with E-state index in [4.69, 9.17) is 11.6 Å². The molecule has 1 aromatic carbocycles. The van der Waals surface area contributed by atoms with Gasteiger partial charge in [-0.15, -0.1) is 0 Å². The molecule has 0 bridgehead atoms. The van der Waals surface area contributed by atoms with Crippen molar-refractivity contribution in [1.29, 1.82) is 0 Å². The lowest BCUT2D eigenvalue weighted by atomic mass is 10.2. The van der Waals surface area contributed by atoms with Crippen molar-refractivity contribution in [1.82, 2.24) is 4.98 Å². The van der Waals surface area contributed by atoms with Crippen molar-refractivity contribution in [3.63, 3.8) is 0 Å². The number of hydrogen-bond donors (Lipinski definition) is 0. The third-order valence-electron chi connectivity index (χ3n) is 2.21. The fourth-order valence-corrected chi connectivity index (χ4v) is 2.53. The Bertz CT molecular complexity index is 578. The van der Waals surface area contributed by atoms with Gasteiger partial charge in [0.2, 0.25) is 0 Å². The van der Waals surface area contributed by atoms with E-state index in [0.717, 1.165) is 5.56 Å². The highest BCUT2D eigenvalue weighted by Gasteiger charge is 2.14. The highest BCUT2D eigenvalue weighted by Crippen LogP contribution is 2.29. The number of aromatic nitrogens is 1. The molecule has 0 N–H and O–H groups in total. The van der Waals surface area contributed by atoms with Gasteiger partial charge in [0, 0.05) is 23.0 Å². The summed E-state index contributed by atoms with van der Waals surface area (Å²) in [7, 11) is 0. The van der Waals surface area contributed by atoms with E-state index in [9.17, 15) is 10.1 Å². The maximum absolute atomic E-state index is 10.8. The Morgan fingerprint density at radius 2 is 2.17 bits per heavy atom. The fraction of sp³-hybridized carbons (Fsp3) is 0.0833. The zero-order valence-electron chi connectivity index (χ0n) is 9.25. The van der Waals surface area contributed by atoms with Crippen LogP contribution in [0, 0.1) is 10.1 Å². The van der Waals surface area contributed by atoms with Crippen LogP contribution in [0.1, 0.15) is 5.56 Å². The molecule has 6 heteroatoms. The number of thioether (sulfide) groups is 1. The van der Waals surface area contributed by atoms with Gasteiger partial charge in [0.15, 0.2) is 5.03 Å². The largest absolute Gasteiger partial charge is 0.301 e. The van der Waals surface area contributed by atoms with Crippen molar-refractivity contribution in [3.8, 4) is 0 Å². The minimum atomic E-state index is -0.423. The summed E-state index contributed by atoms with van der Waals surface area (Å²) in [6.45, 7) is 0. The van der Waals surface area contributed by atoms with Gasteiger partial charge in [-0.25, -0.2) is 4.98 Å². The van der Waals surface area contributed by atoms with E-state index in [1.807, 2.05) is 18.2 Å². The summed E-state index contributed by atoms with van der Waals surface area (Å²) < 4.78 is 0. The lowest BCUT2D eigenvalue weighted by Crippen LogP contribution is -1.93. The Labute approximate surface area is 113 Å². The second-order valence-corrected chi connectivity index (χ2v) is 4.90. The summed E-state index contributed by atoms with van der Waals surface area (Å²) in [5, 5.41) is 11.9. The zero-order chi connectivity index (χ0) is 13.0. The van der Waals surface area contributed by atoms with Gasteiger partial charge in [-0.05, 0) is 23.8 Å². The van der Waals surface area contributed by atoms with Crippen molar-refractivity contribution >= 4 is 29.1 Å². The number of rotatable bonds is 4. The molecule has 4 nitrogen and oxygen atoms in total. The molecule has 2 aromatic rings. The van der Waals surface area contributed by atoms with Crippen LogP contribution in [0.2, 0.25) is 5.02 Å². The third-order valence-corrected chi connectivity index (χ3v) is 3.51. The Balaban J connectivity index is 2.13. The van der Waals surface area contributed by atoms with Crippen LogP contribution in [0.15, 0.2) is 47.6 Å². The average molecular weight is 281 g/mol. The molecule has 0 saturated carbocycles. The lowest BCUT2D eigenvalue weighted by molar-refractivity contribution is -0.388. The molecule has 0 aliphatic heterocycles. The summed E-state index contributed by atoms with van der Waals surface area (Å²) in [6.07, 6.45) is 1.55. The average Bonchev–Trinajstić information content (AvgIpc) is 2.37. The van der Waals surface area contributed by atoms with Crippen LogP contribution in [-0.2, 0) is 5.75 Å².